The molecule has 2 aromatic rings. The van der Waals surface area contributed by atoms with E-state index < -0.39 is 0 Å². The zero-order valence-corrected chi connectivity index (χ0v) is 15.3. The lowest BCUT2D eigenvalue weighted by Crippen LogP contribution is -2.13. The Kier molecular flexibility index (Phi) is 5.28. The van der Waals surface area contributed by atoms with Crippen molar-refractivity contribution in [3.63, 3.8) is 0 Å². The van der Waals surface area contributed by atoms with Gasteiger partial charge in [0.25, 0.3) is 5.91 Å². The van der Waals surface area contributed by atoms with E-state index in [9.17, 15) is 9.59 Å². The number of carbonyl (C=O) groups is 2. The van der Waals surface area contributed by atoms with E-state index in [0.717, 1.165) is 17.0 Å². The SMILES string of the molecule is COc1ccccc1NC(=O)c1ccc(NC2=C(C)C(=O)CC2)cc1Cl. The summed E-state index contributed by atoms with van der Waals surface area (Å²) in [6.07, 6.45) is 1.22. The topological polar surface area (TPSA) is 67.4 Å². The highest BCUT2D eigenvalue weighted by atomic mass is 35.5. The van der Waals surface area contributed by atoms with Crippen molar-refractivity contribution in [1.29, 1.82) is 0 Å². The van der Waals surface area contributed by atoms with Crippen molar-refractivity contribution in [2.45, 2.75) is 19.8 Å². The number of nitrogens with one attached hydrogen (secondary N) is 2. The fourth-order valence-corrected chi connectivity index (χ4v) is 3.09. The Balaban J connectivity index is 1.77. The minimum absolute atomic E-state index is 0.159. The number of ether oxygens (including phenoxy) is 1. The molecule has 0 spiro atoms. The van der Waals surface area contributed by atoms with Gasteiger partial charge in [0.15, 0.2) is 5.78 Å². The molecule has 3 rings (SSSR count). The molecule has 1 aliphatic carbocycles. The first-order chi connectivity index (χ1) is 12.5. The van der Waals surface area contributed by atoms with Crippen LogP contribution in [-0.2, 0) is 4.79 Å². The first kappa shape index (κ1) is 18.0. The molecule has 0 unspecified atom stereocenters. The Bertz CT molecular complexity index is 906. The van der Waals surface area contributed by atoms with Gasteiger partial charge in [0.2, 0.25) is 0 Å². The molecule has 2 N–H and O–H groups in total. The zero-order valence-electron chi connectivity index (χ0n) is 14.6. The Morgan fingerprint density at radius 2 is 1.92 bits per heavy atom. The summed E-state index contributed by atoms with van der Waals surface area (Å²) in [5.41, 5.74) is 3.32. The van der Waals surface area contributed by atoms with Crippen LogP contribution in [0.25, 0.3) is 0 Å². The lowest BCUT2D eigenvalue weighted by molar-refractivity contribution is -0.114. The molecule has 0 saturated heterocycles. The van der Waals surface area contributed by atoms with E-state index in [1.165, 1.54) is 0 Å². The third kappa shape index (κ3) is 3.73. The summed E-state index contributed by atoms with van der Waals surface area (Å²) in [6.45, 7) is 1.81. The first-order valence-electron chi connectivity index (χ1n) is 8.23. The summed E-state index contributed by atoms with van der Waals surface area (Å²) in [6, 6.07) is 12.3. The van der Waals surface area contributed by atoms with Crippen molar-refractivity contribution in [3.8, 4) is 5.75 Å². The second-order valence-electron chi connectivity index (χ2n) is 6.00. The molecule has 0 bridgehead atoms. The number of methoxy groups -OCH3 is 1. The molecule has 0 atom stereocenters. The number of hydrogen-bond acceptors (Lipinski definition) is 4. The highest BCUT2D eigenvalue weighted by Crippen LogP contribution is 2.29. The van der Waals surface area contributed by atoms with E-state index in [2.05, 4.69) is 10.6 Å². The summed E-state index contributed by atoms with van der Waals surface area (Å²) in [5, 5.41) is 6.34. The van der Waals surface area contributed by atoms with Crippen LogP contribution in [0, 0.1) is 0 Å². The lowest BCUT2D eigenvalue weighted by Gasteiger charge is -2.12. The van der Waals surface area contributed by atoms with Gasteiger partial charge in [-0.25, -0.2) is 0 Å². The number of para-hydroxylation sites is 2. The molecule has 0 saturated carbocycles. The van der Waals surface area contributed by atoms with Crippen LogP contribution in [0.4, 0.5) is 11.4 Å². The molecule has 5 nitrogen and oxygen atoms in total. The monoisotopic (exact) mass is 370 g/mol. The van der Waals surface area contributed by atoms with Crippen LogP contribution >= 0.6 is 11.6 Å². The molecule has 26 heavy (non-hydrogen) atoms. The maximum Gasteiger partial charge on any atom is 0.257 e. The smallest absolute Gasteiger partial charge is 0.257 e. The molecule has 0 aliphatic heterocycles. The standard InChI is InChI=1S/C20H19ClN2O3/c1-12-16(9-10-18(12)24)22-13-7-8-14(15(21)11-13)20(25)23-17-5-3-4-6-19(17)26-2/h3-8,11,22H,9-10H2,1-2H3,(H,23,25). The van der Waals surface area contributed by atoms with Gasteiger partial charge in [-0.3, -0.25) is 9.59 Å². The summed E-state index contributed by atoms with van der Waals surface area (Å²) >= 11 is 6.30. The average Bonchev–Trinajstić information content (AvgIpc) is 2.94. The number of halogens is 1. The third-order valence-electron chi connectivity index (χ3n) is 4.34. The normalized spacial score (nSPS) is 13.7. The number of amides is 1. The van der Waals surface area contributed by atoms with Gasteiger partial charge in [0, 0.05) is 23.4 Å². The predicted molar refractivity (Wildman–Crippen MR) is 103 cm³/mol. The van der Waals surface area contributed by atoms with Crippen molar-refractivity contribution in [1.82, 2.24) is 0 Å². The fraction of sp³-hybridized carbons (Fsp3) is 0.200. The van der Waals surface area contributed by atoms with E-state index in [0.29, 0.717) is 34.9 Å². The minimum atomic E-state index is -0.322. The number of hydrogen-bond donors (Lipinski definition) is 2. The van der Waals surface area contributed by atoms with Gasteiger partial charge in [-0.05, 0) is 43.7 Å². The Labute approximate surface area is 157 Å². The maximum atomic E-state index is 12.5. The van der Waals surface area contributed by atoms with Crippen LogP contribution in [0.3, 0.4) is 0 Å². The highest BCUT2D eigenvalue weighted by molar-refractivity contribution is 6.34. The number of ketones is 1. The lowest BCUT2D eigenvalue weighted by atomic mass is 10.1. The molecule has 1 aliphatic rings. The molecule has 1 amide bonds. The number of rotatable bonds is 5. The Hall–Kier alpha value is -2.79. The molecule has 0 fully saturated rings. The van der Waals surface area contributed by atoms with Crippen LogP contribution in [0.5, 0.6) is 5.75 Å². The summed E-state index contributed by atoms with van der Waals surface area (Å²) in [7, 11) is 1.54. The fourth-order valence-electron chi connectivity index (χ4n) is 2.83. The van der Waals surface area contributed by atoms with Gasteiger partial charge >= 0.3 is 0 Å². The first-order valence-corrected chi connectivity index (χ1v) is 8.61. The van der Waals surface area contributed by atoms with Gasteiger partial charge in [-0.15, -0.1) is 0 Å². The molecule has 0 aromatic heterocycles. The van der Waals surface area contributed by atoms with E-state index in [1.54, 1.807) is 37.4 Å². The minimum Gasteiger partial charge on any atom is -0.495 e. The van der Waals surface area contributed by atoms with Gasteiger partial charge in [-0.1, -0.05) is 23.7 Å². The molecular formula is C20H19ClN2O3. The van der Waals surface area contributed by atoms with Gasteiger partial charge < -0.3 is 15.4 Å². The summed E-state index contributed by atoms with van der Waals surface area (Å²) in [5.74, 6) is 0.410. The summed E-state index contributed by atoms with van der Waals surface area (Å²) < 4.78 is 5.23. The van der Waals surface area contributed by atoms with Crippen LogP contribution in [-0.4, -0.2) is 18.8 Å². The van der Waals surface area contributed by atoms with Crippen molar-refractivity contribution >= 4 is 34.7 Å². The number of Topliss-reactive ketones (excluding diaryl/α,β-unsaturated/α-hetero) is 1. The molecule has 2 aromatic carbocycles. The number of anilines is 2. The molecule has 0 radical (unpaired) electrons. The predicted octanol–water partition coefficient (Wildman–Crippen LogP) is 4.65. The van der Waals surface area contributed by atoms with Gasteiger partial charge in [0.1, 0.15) is 5.75 Å². The largest absolute Gasteiger partial charge is 0.495 e. The molecule has 6 heteroatoms. The van der Waals surface area contributed by atoms with E-state index in [4.69, 9.17) is 16.3 Å². The van der Waals surface area contributed by atoms with Crippen molar-refractivity contribution < 1.29 is 14.3 Å². The highest BCUT2D eigenvalue weighted by Gasteiger charge is 2.20. The van der Waals surface area contributed by atoms with E-state index in [1.807, 2.05) is 19.1 Å². The number of allylic oxidation sites excluding steroid dienone is 2. The van der Waals surface area contributed by atoms with Crippen LogP contribution in [0.1, 0.15) is 30.1 Å². The zero-order chi connectivity index (χ0) is 18.7. The second-order valence-corrected chi connectivity index (χ2v) is 6.41. The molecule has 0 heterocycles. The van der Waals surface area contributed by atoms with Crippen LogP contribution in [0.15, 0.2) is 53.7 Å². The Morgan fingerprint density at radius 1 is 1.15 bits per heavy atom. The van der Waals surface area contributed by atoms with Crippen molar-refractivity contribution in [2.24, 2.45) is 0 Å². The number of benzene rings is 2. The van der Waals surface area contributed by atoms with E-state index in [-0.39, 0.29) is 11.7 Å². The summed E-state index contributed by atoms with van der Waals surface area (Å²) in [4.78, 5) is 24.2. The molecule has 134 valence electrons. The van der Waals surface area contributed by atoms with Gasteiger partial charge in [0.05, 0.1) is 23.4 Å². The third-order valence-corrected chi connectivity index (χ3v) is 4.65. The second kappa shape index (κ2) is 7.62. The maximum absolute atomic E-state index is 12.5. The Morgan fingerprint density at radius 3 is 2.58 bits per heavy atom. The van der Waals surface area contributed by atoms with Crippen LogP contribution in [0.2, 0.25) is 5.02 Å². The molecular weight excluding hydrogens is 352 g/mol. The number of carbonyl (C=O) groups excluding carboxylic acids is 2. The van der Waals surface area contributed by atoms with Crippen molar-refractivity contribution in [2.75, 3.05) is 17.7 Å². The average molecular weight is 371 g/mol. The van der Waals surface area contributed by atoms with Crippen molar-refractivity contribution in [3.05, 3.63) is 64.3 Å². The van der Waals surface area contributed by atoms with Gasteiger partial charge in [-0.2, -0.15) is 0 Å². The quantitative estimate of drug-likeness (QED) is 0.803. The van der Waals surface area contributed by atoms with E-state index >= 15 is 0 Å². The van der Waals surface area contributed by atoms with Crippen LogP contribution < -0.4 is 15.4 Å².